The van der Waals surface area contributed by atoms with E-state index < -0.39 is 6.09 Å². The van der Waals surface area contributed by atoms with Crippen LogP contribution >= 0.6 is 0 Å². The predicted molar refractivity (Wildman–Crippen MR) is 93.8 cm³/mol. The molecule has 0 heterocycles. The summed E-state index contributed by atoms with van der Waals surface area (Å²) in [5.41, 5.74) is 1.30. The van der Waals surface area contributed by atoms with Gasteiger partial charge in [-0.2, -0.15) is 0 Å². The lowest BCUT2D eigenvalue weighted by Crippen LogP contribution is -2.25. The van der Waals surface area contributed by atoms with Crippen molar-refractivity contribution in [2.45, 2.75) is 13.0 Å². The van der Waals surface area contributed by atoms with E-state index in [9.17, 15) is 4.79 Å². The van der Waals surface area contributed by atoms with Gasteiger partial charge in [0.25, 0.3) is 0 Å². The molecule has 0 unspecified atom stereocenters. The molecule has 4 nitrogen and oxygen atoms in total. The first-order valence-electron chi connectivity index (χ1n) is 7.82. The topological polar surface area (TPSA) is 61.4 Å². The van der Waals surface area contributed by atoms with Crippen molar-refractivity contribution in [1.29, 1.82) is 0 Å². The number of carboxylic acid groups (broad SMARTS) is 1. The Morgan fingerprint density at radius 2 is 1.52 bits per heavy atom. The third-order valence-electron chi connectivity index (χ3n) is 3.99. The normalized spacial score (nSPS) is 11.0. The lowest BCUT2D eigenvalue weighted by Gasteiger charge is -2.12. The van der Waals surface area contributed by atoms with Crippen molar-refractivity contribution in [1.82, 2.24) is 10.6 Å². The standard InChI is InChI=1S/C19H20N2O2/c22-19(23)21-11-5-10-20-13-18-16-8-3-1-6-14(16)12-15-7-2-4-9-17(15)18/h1-4,6-9,12,20-21H,5,10-11,13H2,(H,22,23). The molecule has 3 aromatic rings. The number of carbonyl (C=O) groups is 1. The predicted octanol–water partition coefficient (Wildman–Crippen LogP) is 3.74. The van der Waals surface area contributed by atoms with Crippen LogP contribution in [0, 0.1) is 0 Å². The van der Waals surface area contributed by atoms with Crippen molar-refractivity contribution < 1.29 is 9.90 Å². The second-order valence-electron chi connectivity index (χ2n) is 5.56. The summed E-state index contributed by atoms with van der Waals surface area (Å²) in [7, 11) is 0. The van der Waals surface area contributed by atoms with E-state index in [-0.39, 0.29) is 0 Å². The van der Waals surface area contributed by atoms with Gasteiger partial charge >= 0.3 is 6.09 Å². The highest BCUT2D eigenvalue weighted by Crippen LogP contribution is 2.28. The van der Waals surface area contributed by atoms with Gasteiger partial charge in [-0.15, -0.1) is 0 Å². The van der Waals surface area contributed by atoms with Crippen molar-refractivity contribution in [2.24, 2.45) is 0 Å². The van der Waals surface area contributed by atoms with Gasteiger partial charge in [0.05, 0.1) is 0 Å². The first-order valence-corrected chi connectivity index (χ1v) is 7.82. The fraction of sp³-hybridized carbons (Fsp3) is 0.211. The second kappa shape index (κ2) is 7.11. The van der Waals surface area contributed by atoms with E-state index in [4.69, 9.17) is 5.11 Å². The molecule has 3 rings (SSSR count). The quantitative estimate of drug-likeness (QED) is 0.480. The van der Waals surface area contributed by atoms with Gasteiger partial charge < -0.3 is 15.7 Å². The van der Waals surface area contributed by atoms with Crippen molar-refractivity contribution in [2.75, 3.05) is 13.1 Å². The summed E-state index contributed by atoms with van der Waals surface area (Å²) in [4.78, 5) is 10.4. The van der Waals surface area contributed by atoms with Gasteiger partial charge in [-0.3, -0.25) is 0 Å². The minimum absolute atomic E-state index is 0.471. The zero-order chi connectivity index (χ0) is 16.1. The molecule has 0 aromatic heterocycles. The van der Waals surface area contributed by atoms with Crippen LogP contribution in [0.5, 0.6) is 0 Å². The van der Waals surface area contributed by atoms with Crippen LogP contribution in [0.25, 0.3) is 21.5 Å². The van der Waals surface area contributed by atoms with Crippen LogP contribution in [0.1, 0.15) is 12.0 Å². The fourth-order valence-electron chi connectivity index (χ4n) is 2.92. The van der Waals surface area contributed by atoms with Crippen LogP contribution in [0.3, 0.4) is 0 Å². The molecule has 0 aliphatic carbocycles. The third kappa shape index (κ3) is 3.60. The van der Waals surface area contributed by atoms with Crippen LogP contribution in [0.2, 0.25) is 0 Å². The smallest absolute Gasteiger partial charge is 0.404 e. The molecule has 0 bridgehead atoms. The van der Waals surface area contributed by atoms with E-state index >= 15 is 0 Å². The average Bonchev–Trinajstić information content (AvgIpc) is 2.56. The molecule has 0 saturated carbocycles. The van der Waals surface area contributed by atoms with Gasteiger partial charge in [0.15, 0.2) is 0 Å². The monoisotopic (exact) mass is 308 g/mol. The number of amides is 1. The molecular weight excluding hydrogens is 288 g/mol. The highest BCUT2D eigenvalue weighted by atomic mass is 16.4. The summed E-state index contributed by atoms with van der Waals surface area (Å²) in [6, 6.07) is 19.1. The molecule has 0 fully saturated rings. The maximum absolute atomic E-state index is 10.4. The lowest BCUT2D eigenvalue weighted by molar-refractivity contribution is 0.194. The molecule has 3 N–H and O–H groups in total. The molecule has 3 aromatic carbocycles. The molecule has 23 heavy (non-hydrogen) atoms. The summed E-state index contributed by atoms with van der Waals surface area (Å²) in [5, 5.41) is 19.4. The van der Waals surface area contributed by atoms with Crippen LogP contribution in [-0.2, 0) is 6.54 Å². The number of hydrogen-bond acceptors (Lipinski definition) is 2. The second-order valence-corrected chi connectivity index (χ2v) is 5.56. The Kier molecular flexibility index (Phi) is 4.74. The van der Waals surface area contributed by atoms with Gasteiger partial charge in [0.2, 0.25) is 0 Å². The van der Waals surface area contributed by atoms with Crippen molar-refractivity contribution in [3.8, 4) is 0 Å². The summed E-state index contributed by atoms with van der Waals surface area (Å²) in [6.07, 6.45) is -0.195. The summed E-state index contributed by atoms with van der Waals surface area (Å²) < 4.78 is 0. The molecule has 4 heteroatoms. The van der Waals surface area contributed by atoms with Gasteiger partial charge in [0.1, 0.15) is 0 Å². The molecule has 1 amide bonds. The highest BCUT2D eigenvalue weighted by molar-refractivity contribution is 6.02. The maximum atomic E-state index is 10.4. The number of nitrogens with one attached hydrogen (secondary N) is 2. The Labute approximate surface area is 135 Å². The van der Waals surface area contributed by atoms with E-state index in [0.717, 1.165) is 19.5 Å². The Bertz CT molecular complexity index is 776. The van der Waals surface area contributed by atoms with E-state index in [1.54, 1.807) is 0 Å². The molecule has 0 radical (unpaired) electrons. The SMILES string of the molecule is O=C(O)NCCCNCc1c2ccccc2cc2ccccc12. The maximum Gasteiger partial charge on any atom is 0.404 e. The van der Waals surface area contributed by atoms with Crippen molar-refractivity contribution in [3.63, 3.8) is 0 Å². The number of hydrogen-bond donors (Lipinski definition) is 3. The minimum Gasteiger partial charge on any atom is -0.465 e. The Morgan fingerprint density at radius 3 is 2.13 bits per heavy atom. The van der Waals surface area contributed by atoms with Crippen molar-refractivity contribution in [3.05, 3.63) is 60.2 Å². The summed E-state index contributed by atoms with van der Waals surface area (Å²) >= 11 is 0. The van der Waals surface area contributed by atoms with Crippen LogP contribution in [0.4, 0.5) is 4.79 Å². The van der Waals surface area contributed by atoms with Crippen LogP contribution in [0.15, 0.2) is 54.6 Å². The zero-order valence-corrected chi connectivity index (χ0v) is 12.9. The number of fused-ring (bicyclic) bond motifs is 2. The first-order chi connectivity index (χ1) is 11.3. The van der Waals surface area contributed by atoms with Gasteiger partial charge in [0, 0.05) is 13.1 Å². The minimum atomic E-state index is -0.968. The third-order valence-corrected chi connectivity index (χ3v) is 3.99. The molecule has 0 atom stereocenters. The van der Waals surface area contributed by atoms with Crippen molar-refractivity contribution >= 4 is 27.6 Å². The van der Waals surface area contributed by atoms with Gasteiger partial charge in [-0.25, -0.2) is 4.79 Å². The number of benzene rings is 3. The molecule has 118 valence electrons. The van der Waals surface area contributed by atoms with Crippen LogP contribution in [-0.4, -0.2) is 24.3 Å². The lowest BCUT2D eigenvalue weighted by atomic mass is 9.97. The highest BCUT2D eigenvalue weighted by Gasteiger charge is 2.06. The molecule has 0 spiro atoms. The molecule has 0 saturated heterocycles. The van der Waals surface area contributed by atoms with Gasteiger partial charge in [-0.1, -0.05) is 48.5 Å². The van der Waals surface area contributed by atoms with E-state index in [0.29, 0.717) is 6.54 Å². The Hall–Kier alpha value is -2.59. The van der Waals surface area contributed by atoms with Gasteiger partial charge in [-0.05, 0) is 46.1 Å². The molecule has 0 aliphatic heterocycles. The Balaban J connectivity index is 1.79. The van der Waals surface area contributed by atoms with E-state index in [1.165, 1.54) is 27.1 Å². The average molecular weight is 308 g/mol. The fourth-order valence-corrected chi connectivity index (χ4v) is 2.92. The number of rotatable bonds is 6. The summed E-state index contributed by atoms with van der Waals surface area (Å²) in [6.45, 7) is 2.02. The van der Waals surface area contributed by atoms with Crippen LogP contribution < -0.4 is 10.6 Å². The molecule has 0 aliphatic rings. The van der Waals surface area contributed by atoms with E-state index in [2.05, 4.69) is 65.2 Å². The zero-order valence-electron chi connectivity index (χ0n) is 12.9. The first kappa shape index (κ1) is 15.3. The molecular formula is C19H20N2O2. The summed E-state index contributed by atoms with van der Waals surface area (Å²) in [5.74, 6) is 0. The van der Waals surface area contributed by atoms with E-state index in [1.807, 2.05) is 0 Å². The Morgan fingerprint density at radius 1 is 0.913 bits per heavy atom. The largest absolute Gasteiger partial charge is 0.465 e.